The first-order valence-corrected chi connectivity index (χ1v) is 11.6. The molecule has 7 heteroatoms. The molecule has 0 spiro atoms. The Morgan fingerprint density at radius 2 is 1.51 bits per heavy atom. The van der Waals surface area contributed by atoms with Crippen molar-refractivity contribution >= 4 is 6.03 Å². The van der Waals surface area contributed by atoms with Gasteiger partial charge in [-0.1, -0.05) is 36.4 Å². The van der Waals surface area contributed by atoms with Crippen LogP contribution in [-0.4, -0.2) is 52.5 Å². The fraction of sp³-hybridized carbons (Fsp3) is 0.321. The van der Waals surface area contributed by atoms with E-state index in [9.17, 15) is 4.79 Å². The summed E-state index contributed by atoms with van der Waals surface area (Å²) < 4.78 is 21.8. The summed E-state index contributed by atoms with van der Waals surface area (Å²) in [4.78, 5) is 15.3. The van der Waals surface area contributed by atoms with Gasteiger partial charge in [0.25, 0.3) is 0 Å². The quantitative estimate of drug-likeness (QED) is 0.514. The van der Waals surface area contributed by atoms with Crippen LogP contribution in [0, 0.1) is 0 Å². The van der Waals surface area contributed by atoms with Gasteiger partial charge in [-0.2, -0.15) is 0 Å². The third-order valence-electron chi connectivity index (χ3n) is 6.39. The molecule has 1 aliphatic heterocycles. The predicted molar refractivity (Wildman–Crippen MR) is 135 cm³/mol. The molecule has 184 valence electrons. The molecule has 1 aliphatic rings. The fourth-order valence-corrected chi connectivity index (χ4v) is 4.61. The molecule has 3 aromatic carbocycles. The van der Waals surface area contributed by atoms with E-state index >= 15 is 0 Å². The maximum Gasteiger partial charge on any atom is 0.318 e. The summed E-state index contributed by atoms with van der Waals surface area (Å²) in [5.74, 6) is 2.72. The lowest BCUT2D eigenvalue weighted by Crippen LogP contribution is -2.46. The van der Waals surface area contributed by atoms with E-state index in [1.807, 2.05) is 53.4 Å². The monoisotopic (exact) mass is 476 g/mol. The molecule has 35 heavy (non-hydrogen) atoms. The fourth-order valence-electron chi connectivity index (χ4n) is 4.61. The van der Waals surface area contributed by atoms with Crippen LogP contribution >= 0.6 is 0 Å². The van der Waals surface area contributed by atoms with Crippen molar-refractivity contribution in [3.05, 3.63) is 82.9 Å². The first kappa shape index (κ1) is 24.3. The van der Waals surface area contributed by atoms with Gasteiger partial charge in [-0.15, -0.1) is 0 Å². The first-order valence-electron chi connectivity index (χ1n) is 11.6. The van der Waals surface area contributed by atoms with Crippen LogP contribution in [0.15, 0.2) is 60.7 Å². The number of carbonyl (C=O) groups excluding carboxylic acids is 1. The van der Waals surface area contributed by atoms with E-state index in [-0.39, 0.29) is 12.1 Å². The van der Waals surface area contributed by atoms with Gasteiger partial charge in [0, 0.05) is 13.1 Å². The van der Waals surface area contributed by atoms with Gasteiger partial charge in [0.2, 0.25) is 0 Å². The normalized spacial score (nSPS) is 14.6. The molecule has 0 saturated heterocycles. The van der Waals surface area contributed by atoms with Crippen LogP contribution in [0.2, 0.25) is 0 Å². The Hall–Kier alpha value is -3.87. The second-order valence-corrected chi connectivity index (χ2v) is 8.33. The van der Waals surface area contributed by atoms with Crippen LogP contribution in [0.3, 0.4) is 0 Å². The minimum absolute atomic E-state index is 0.0974. The molecule has 0 fully saturated rings. The molecule has 0 unspecified atom stereocenters. The number of nitrogens with one attached hydrogen (secondary N) is 1. The first-order chi connectivity index (χ1) is 17.1. The lowest BCUT2D eigenvalue weighted by molar-refractivity contribution is 0.180. The van der Waals surface area contributed by atoms with Crippen molar-refractivity contribution in [2.45, 2.75) is 18.9 Å². The highest BCUT2D eigenvalue weighted by molar-refractivity contribution is 5.76. The third-order valence-corrected chi connectivity index (χ3v) is 6.39. The van der Waals surface area contributed by atoms with E-state index in [1.165, 1.54) is 0 Å². The summed E-state index contributed by atoms with van der Waals surface area (Å²) in [6, 6.07) is 19.6. The van der Waals surface area contributed by atoms with Gasteiger partial charge in [0.1, 0.15) is 0 Å². The van der Waals surface area contributed by atoms with Crippen molar-refractivity contribution < 1.29 is 23.7 Å². The second-order valence-electron chi connectivity index (χ2n) is 8.33. The summed E-state index contributed by atoms with van der Waals surface area (Å²) in [5, 5.41) is 3.11. The van der Waals surface area contributed by atoms with Crippen molar-refractivity contribution in [1.82, 2.24) is 10.2 Å². The van der Waals surface area contributed by atoms with Crippen LogP contribution in [0.5, 0.6) is 23.0 Å². The zero-order valence-corrected chi connectivity index (χ0v) is 20.7. The second kappa shape index (κ2) is 11.0. The minimum atomic E-state index is -0.221. The Balaban J connectivity index is 1.55. The number of hydrogen-bond acceptors (Lipinski definition) is 5. The number of fused-ring (bicyclic) bond motifs is 1. The molecule has 1 atom stereocenters. The van der Waals surface area contributed by atoms with E-state index in [0.717, 1.165) is 28.7 Å². The summed E-state index contributed by atoms with van der Waals surface area (Å²) in [5.41, 5.74) is 4.32. The minimum Gasteiger partial charge on any atom is -0.493 e. The van der Waals surface area contributed by atoms with Gasteiger partial charge < -0.3 is 29.2 Å². The van der Waals surface area contributed by atoms with Gasteiger partial charge >= 0.3 is 6.03 Å². The van der Waals surface area contributed by atoms with Crippen LogP contribution in [0.1, 0.15) is 28.3 Å². The molecule has 7 nitrogen and oxygen atoms in total. The van der Waals surface area contributed by atoms with E-state index in [0.29, 0.717) is 42.5 Å². The van der Waals surface area contributed by atoms with E-state index in [1.54, 1.807) is 28.4 Å². The van der Waals surface area contributed by atoms with Crippen LogP contribution in [-0.2, 0) is 12.8 Å². The number of amides is 2. The van der Waals surface area contributed by atoms with E-state index in [4.69, 9.17) is 18.9 Å². The third kappa shape index (κ3) is 5.14. The molecule has 4 rings (SSSR count). The van der Waals surface area contributed by atoms with Gasteiger partial charge in [-0.25, -0.2) is 4.79 Å². The average molecular weight is 477 g/mol. The Kier molecular flexibility index (Phi) is 7.65. The molecule has 1 N–H and O–H groups in total. The Morgan fingerprint density at radius 1 is 0.857 bits per heavy atom. The highest BCUT2D eigenvalue weighted by atomic mass is 16.5. The number of hydrogen-bond donors (Lipinski definition) is 1. The number of ether oxygens (including phenoxy) is 4. The highest BCUT2D eigenvalue weighted by Gasteiger charge is 2.33. The zero-order chi connectivity index (χ0) is 24.8. The van der Waals surface area contributed by atoms with Crippen molar-refractivity contribution in [3.63, 3.8) is 0 Å². The van der Waals surface area contributed by atoms with Gasteiger partial charge in [-0.05, 0) is 59.4 Å². The van der Waals surface area contributed by atoms with E-state index < -0.39 is 0 Å². The number of methoxy groups -OCH3 is 4. The van der Waals surface area contributed by atoms with Crippen molar-refractivity contribution in [1.29, 1.82) is 0 Å². The van der Waals surface area contributed by atoms with Crippen molar-refractivity contribution in [2.24, 2.45) is 0 Å². The van der Waals surface area contributed by atoms with Crippen molar-refractivity contribution in [3.8, 4) is 23.0 Å². The van der Waals surface area contributed by atoms with Gasteiger partial charge in [0.15, 0.2) is 23.0 Å². The van der Waals surface area contributed by atoms with E-state index in [2.05, 4.69) is 17.4 Å². The standard InChI is InChI=1S/C28H32N2O5/c1-32-23-11-10-19(16-24(23)33-2)12-14-29-28(31)30-15-13-21-17-25(34-3)26(35-4)18-22(21)27(30)20-8-6-5-7-9-20/h5-11,16-18,27H,12-15H2,1-4H3,(H,29,31)/t27-/m0/s1. The highest BCUT2D eigenvalue weighted by Crippen LogP contribution is 2.41. The van der Waals surface area contributed by atoms with Crippen molar-refractivity contribution in [2.75, 3.05) is 41.5 Å². The summed E-state index contributed by atoms with van der Waals surface area (Å²) in [6.45, 7) is 1.11. The maximum atomic E-state index is 13.4. The molecule has 0 radical (unpaired) electrons. The number of urea groups is 1. The lowest BCUT2D eigenvalue weighted by Gasteiger charge is -2.38. The molecule has 0 saturated carbocycles. The molecule has 2 amide bonds. The largest absolute Gasteiger partial charge is 0.493 e. The molecule has 0 aliphatic carbocycles. The molecule has 3 aromatic rings. The molecule has 0 aromatic heterocycles. The Bertz CT molecular complexity index is 1170. The summed E-state index contributed by atoms with van der Waals surface area (Å²) in [6.07, 6.45) is 1.42. The smallest absolute Gasteiger partial charge is 0.318 e. The molecular weight excluding hydrogens is 444 g/mol. The number of nitrogens with zero attached hydrogens (tertiary/aromatic N) is 1. The number of benzene rings is 3. The van der Waals surface area contributed by atoms with Gasteiger partial charge in [-0.3, -0.25) is 0 Å². The zero-order valence-electron chi connectivity index (χ0n) is 20.7. The van der Waals surface area contributed by atoms with Crippen LogP contribution in [0.25, 0.3) is 0 Å². The molecule has 1 heterocycles. The van der Waals surface area contributed by atoms with Gasteiger partial charge in [0.05, 0.1) is 34.5 Å². The maximum absolute atomic E-state index is 13.4. The lowest BCUT2D eigenvalue weighted by atomic mass is 9.88. The number of rotatable bonds is 8. The molecular formula is C28H32N2O5. The van der Waals surface area contributed by atoms with Crippen LogP contribution in [0.4, 0.5) is 4.79 Å². The Morgan fingerprint density at radius 3 is 2.20 bits per heavy atom. The topological polar surface area (TPSA) is 69.3 Å². The summed E-state index contributed by atoms with van der Waals surface area (Å²) >= 11 is 0. The average Bonchev–Trinajstić information content (AvgIpc) is 2.91. The molecule has 0 bridgehead atoms. The number of carbonyl (C=O) groups is 1. The van der Waals surface area contributed by atoms with Crippen LogP contribution < -0.4 is 24.3 Å². The predicted octanol–water partition coefficient (Wildman–Crippen LogP) is 4.62. The summed E-state index contributed by atoms with van der Waals surface area (Å²) in [7, 11) is 6.50. The SMILES string of the molecule is COc1ccc(CCNC(=O)N2CCc3cc(OC)c(OC)cc3[C@@H]2c2ccccc2)cc1OC. The Labute approximate surface area is 206 Å².